The van der Waals surface area contributed by atoms with Crippen LogP contribution in [0.2, 0.25) is 0 Å². The molecule has 0 bridgehead atoms. The van der Waals surface area contributed by atoms with Crippen LogP contribution in [0.5, 0.6) is 11.5 Å². The number of allylic oxidation sites excluding steroid dienone is 2. The Morgan fingerprint density at radius 1 is 1.16 bits per heavy atom. The molecule has 1 aliphatic heterocycles. The molecule has 0 radical (unpaired) electrons. The molecule has 4 atom stereocenters. The monoisotopic (exact) mass is 596 g/mol. The zero-order chi connectivity index (χ0) is 31.6. The van der Waals surface area contributed by atoms with Crippen LogP contribution in [-0.4, -0.2) is 59.5 Å². The van der Waals surface area contributed by atoms with Gasteiger partial charge in [0, 0.05) is 23.6 Å². The van der Waals surface area contributed by atoms with Crippen LogP contribution in [0, 0.1) is 6.92 Å². The van der Waals surface area contributed by atoms with Gasteiger partial charge in [-0.05, 0) is 83.0 Å². The fourth-order valence-corrected chi connectivity index (χ4v) is 4.99. The smallest absolute Gasteiger partial charge is 0.404 e. The molecule has 2 aromatic carbocycles. The van der Waals surface area contributed by atoms with E-state index < -0.39 is 47.8 Å². The summed E-state index contributed by atoms with van der Waals surface area (Å²) in [5.41, 5.74) is 5.81. The molecular formula is C31H36N2O10. The van der Waals surface area contributed by atoms with E-state index in [-0.39, 0.29) is 28.3 Å². The van der Waals surface area contributed by atoms with Gasteiger partial charge in [0.05, 0.1) is 5.60 Å². The fraction of sp³-hybridized carbons (Fsp3) is 0.387. The Balaban J connectivity index is 1.58. The Labute approximate surface area is 248 Å². The Morgan fingerprint density at radius 2 is 1.88 bits per heavy atom. The lowest BCUT2D eigenvalue weighted by Crippen LogP contribution is -2.65. The lowest BCUT2D eigenvalue weighted by molar-refractivity contribution is -0.304. The van der Waals surface area contributed by atoms with Crippen molar-refractivity contribution in [1.82, 2.24) is 0 Å². The zero-order valence-electron chi connectivity index (χ0n) is 24.8. The van der Waals surface area contributed by atoms with Crippen molar-refractivity contribution in [1.29, 1.82) is 0 Å². The molecule has 3 aromatic rings. The van der Waals surface area contributed by atoms with Crippen molar-refractivity contribution in [2.45, 2.75) is 71.2 Å². The van der Waals surface area contributed by atoms with Crippen LogP contribution in [0.25, 0.3) is 11.0 Å². The number of rotatable bonds is 8. The van der Waals surface area contributed by atoms with Crippen LogP contribution in [0.4, 0.5) is 10.5 Å². The van der Waals surface area contributed by atoms with E-state index in [1.54, 1.807) is 39.0 Å². The van der Waals surface area contributed by atoms with E-state index in [1.807, 2.05) is 19.9 Å². The topological polar surface area (TPSA) is 180 Å². The molecule has 0 spiro atoms. The minimum atomic E-state index is -1.47. The first-order valence-electron chi connectivity index (χ1n) is 13.6. The first kappa shape index (κ1) is 31.5. The number of benzene rings is 2. The number of nitrogens with two attached hydrogens (primary N) is 1. The number of aliphatic hydroxyl groups is 1. The minimum Gasteiger partial charge on any atom is -0.508 e. The normalized spacial score (nSPS) is 21.2. The van der Waals surface area contributed by atoms with E-state index in [0.29, 0.717) is 22.9 Å². The lowest BCUT2D eigenvalue weighted by Gasteiger charge is -2.47. The van der Waals surface area contributed by atoms with Crippen LogP contribution < -0.4 is 21.4 Å². The summed E-state index contributed by atoms with van der Waals surface area (Å²) in [5.74, 6) is -0.249. The maximum Gasteiger partial charge on any atom is 0.404 e. The van der Waals surface area contributed by atoms with E-state index in [2.05, 4.69) is 5.32 Å². The van der Waals surface area contributed by atoms with Gasteiger partial charge in [-0.2, -0.15) is 0 Å². The van der Waals surface area contributed by atoms with Crippen LogP contribution in [0.1, 0.15) is 49.2 Å². The van der Waals surface area contributed by atoms with E-state index in [1.165, 1.54) is 25.3 Å². The van der Waals surface area contributed by atoms with Gasteiger partial charge in [0.2, 0.25) is 6.29 Å². The van der Waals surface area contributed by atoms with Crippen molar-refractivity contribution in [3.8, 4) is 11.5 Å². The Bertz CT molecular complexity index is 1620. The summed E-state index contributed by atoms with van der Waals surface area (Å²) in [7, 11) is 1.39. The van der Waals surface area contributed by atoms with Crippen molar-refractivity contribution in [2.75, 3.05) is 12.4 Å². The molecule has 1 fully saturated rings. The van der Waals surface area contributed by atoms with Crippen LogP contribution in [-0.2, 0) is 20.6 Å². The maximum absolute atomic E-state index is 13.0. The van der Waals surface area contributed by atoms with Crippen LogP contribution in [0.15, 0.2) is 57.3 Å². The first-order chi connectivity index (χ1) is 20.2. The Kier molecular flexibility index (Phi) is 9.14. The minimum absolute atomic E-state index is 0.0666. The lowest BCUT2D eigenvalue weighted by atomic mass is 9.89. The van der Waals surface area contributed by atoms with Crippen molar-refractivity contribution >= 4 is 28.7 Å². The van der Waals surface area contributed by atoms with E-state index in [9.17, 15) is 24.6 Å². The van der Waals surface area contributed by atoms with E-state index in [4.69, 9.17) is 29.1 Å². The number of phenols is 1. The van der Waals surface area contributed by atoms with Gasteiger partial charge in [-0.15, -0.1) is 0 Å². The number of primary amides is 1. The number of hydrogen-bond donors (Lipinski definition) is 4. The summed E-state index contributed by atoms with van der Waals surface area (Å²) < 4.78 is 28.0. The molecule has 1 saturated heterocycles. The van der Waals surface area contributed by atoms with Gasteiger partial charge in [-0.1, -0.05) is 11.6 Å². The number of aliphatic hydroxyl groups excluding tert-OH is 1. The first-order valence-corrected chi connectivity index (χ1v) is 13.6. The second kappa shape index (κ2) is 12.5. The highest BCUT2D eigenvalue weighted by atomic mass is 16.7. The van der Waals surface area contributed by atoms with Crippen LogP contribution >= 0.6 is 0 Å². The zero-order valence-corrected chi connectivity index (χ0v) is 24.8. The predicted octanol–water partition coefficient (Wildman–Crippen LogP) is 3.92. The van der Waals surface area contributed by atoms with Crippen LogP contribution in [0.3, 0.4) is 0 Å². The van der Waals surface area contributed by atoms with Gasteiger partial charge in [0.1, 0.15) is 28.9 Å². The summed E-state index contributed by atoms with van der Waals surface area (Å²) in [6, 6.07) is 9.15. The molecule has 5 N–H and O–H groups in total. The molecule has 0 saturated carbocycles. The van der Waals surface area contributed by atoms with Gasteiger partial charge < -0.3 is 44.6 Å². The average Bonchev–Trinajstić information content (AvgIpc) is 2.92. The SMILES string of the molecule is CO[C@@H]1[C@H](OC(N)=O)C(O)[C@H](Oc2ccc3cc(NC(=O)c4ccc(O)c(CC=C(C)C)c4)c(=O)oc3c2C)OC1(C)C. The maximum atomic E-state index is 13.0. The largest absolute Gasteiger partial charge is 0.508 e. The highest BCUT2D eigenvalue weighted by molar-refractivity contribution is 6.05. The second-order valence-corrected chi connectivity index (χ2v) is 11.1. The number of ether oxygens (including phenoxy) is 4. The van der Waals surface area contributed by atoms with Gasteiger partial charge in [-0.25, -0.2) is 9.59 Å². The van der Waals surface area contributed by atoms with Crippen molar-refractivity contribution in [3.63, 3.8) is 0 Å². The molecule has 4 rings (SSSR count). The van der Waals surface area contributed by atoms with Gasteiger partial charge >= 0.3 is 11.7 Å². The molecule has 12 heteroatoms. The Morgan fingerprint density at radius 3 is 2.53 bits per heavy atom. The summed E-state index contributed by atoms with van der Waals surface area (Å²) in [5, 5.41) is 24.2. The van der Waals surface area contributed by atoms with E-state index >= 15 is 0 Å². The number of anilines is 1. The molecule has 1 aliphatic rings. The average molecular weight is 597 g/mol. The molecule has 1 unspecified atom stereocenters. The van der Waals surface area contributed by atoms with Crippen molar-refractivity contribution in [2.24, 2.45) is 5.73 Å². The number of carbonyl (C=O) groups is 2. The number of amides is 2. The number of aromatic hydroxyl groups is 1. The third kappa shape index (κ3) is 6.82. The molecule has 0 aliphatic carbocycles. The molecule has 1 aromatic heterocycles. The third-order valence-corrected chi connectivity index (χ3v) is 7.19. The number of fused-ring (bicyclic) bond motifs is 1. The number of methoxy groups -OCH3 is 1. The van der Waals surface area contributed by atoms with E-state index in [0.717, 1.165) is 5.57 Å². The quantitative estimate of drug-likeness (QED) is 0.220. The highest BCUT2D eigenvalue weighted by Gasteiger charge is 2.53. The standard InChI is InChI=1S/C31H36N2O10/c1-15(2)7-8-17-13-19(9-11-21(17)34)27(36)33-20-14-18-10-12-22(16(3)24(18)41-28(20)37)40-29-23(35)25(42-30(32)38)26(39-6)31(4,5)43-29/h7,9-14,23,25-26,29,34-35H,8H2,1-6H3,(H2,32,38)(H,33,36)/t23?,25-,26-,29-/m1/s1. The summed E-state index contributed by atoms with van der Waals surface area (Å²) in [4.78, 5) is 37.4. The molecule has 43 heavy (non-hydrogen) atoms. The molecule has 12 nitrogen and oxygen atoms in total. The van der Waals surface area contributed by atoms with Crippen molar-refractivity contribution < 1.29 is 43.2 Å². The van der Waals surface area contributed by atoms with Gasteiger partial charge in [-0.3, -0.25) is 4.79 Å². The van der Waals surface area contributed by atoms with Gasteiger partial charge in [0.15, 0.2) is 12.2 Å². The molecular weight excluding hydrogens is 560 g/mol. The van der Waals surface area contributed by atoms with Crippen molar-refractivity contribution in [3.05, 3.63) is 75.2 Å². The predicted molar refractivity (Wildman–Crippen MR) is 157 cm³/mol. The number of aryl methyl sites for hydroxylation is 1. The summed E-state index contributed by atoms with van der Waals surface area (Å²) in [6.07, 6.45) is -3.50. The second-order valence-electron chi connectivity index (χ2n) is 11.1. The molecule has 2 amide bonds. The molecule has 2 heterocycles. The number of hydrogen-bond acceptors (Lipinski definition) is 10. The third-order valence-electron chi connectivity index (χ3n) is 7.19. The highest BCUT2D eigenvalue weighted by Crippen LogP contribution is 2.36. The van der Waals surface area contributed by atoms with Gasteiger partial charge in [0.25, 0.3) is 5.91 Å². The summed E-state index contributed by atoms with van der Waals surface area (Å²) >= 11 is 0. The number of phenolic OH excluding ortho intramolecular Hbond substituents is 1. The number of nitrogens with one attached hydrogen (secondary N) is 1. The fourth-order valence-electron chi connectivity index (χ4n) is 4.99. The summed E-state index contributed by atoms with van der Waals surface area (Å²) in [6.45, 7) is 8.89. The Hall–Kier alpha value is -4.39. The molecule has 230 valence electrons. The number of carbonyl (C=O) groups excluding carboxylic acids is 2.